The van der Waals surface area contributed by atoms with Gasteiger partial charge in [0.2, 0.25) is 5.91 Å². The number of ether oxygens (including phenoxy) is 5. The van der Waals surface area contributed by atoms with Crippen molar-refractivity contribution in [2.75, 3.05) is 42.1 Å². The fourth-order valence-corrected chi connectivity index (χ4v) is 4.19. The number of hydrogen-bond acceptors (Lipinski definition) is 6. The molecule has 1 aliphatic carbocycles. The number of fused-ring (bicyclic) bond motifs is 3. The Bertz CT molecular complexity index is 940. The summed E-state index contributed by atoms with van der Waals surface area (Å²) < 4.78 is 28.5. The third kappa shape index (κ3) is 3.77. The number of hydrogen-bond donors (Lipinski definition) is 1. The van der Waals surface area contributed by atoms with Crippen molar-refractivity contribution in [1.29, 1.82) is 0 Å². The molecule has 0 radical (unpaired) electrons. The van der Waals surface area contributed by atoms with Gasteiger partial charge in [0, 0.05) is 38.1 Å². The van der Waals surface area contributed by atoms with E-state index in [1.54, 1.807) is 35.5 Å². The van der Waals surface area contributed by atoms with Gasteiger partial charge in [-0.15, -0.1) is 0 Å². The number of nitrogens with one attached hydrogen (secondary N) is 1. The molecule has 7 nitrogen and oxygen atoms in total. The summed E-state index contributed by atoms with van der Waals surface area (Å²) in [6.07, 6.45) is 1.06. The molecule has 0 bridgehead atoms. The molecular formula is C23H29NO6. The van der Waals surface area contributed by atoms with E-state index in [-0.39, 0.29) is 12.0 Å². The summed E-state index contributed by atoms with van der Waals surface area (Å²) in [7, 11) is 8.20. The third-order valence-corrected chi connectivity index (χ3v) is 5.48. The van der Waals surface area contributed by atoms with E-state index in [0.29, 0.717) is 42.4 Å². The van der Waals surface area contributed by atoms with Crippen LogP contribution in [0.5, 0.6) is 23.0 Å². The standard InChI is InChI=1S/C23H29NO6/c1-13(25)24-10-9-14-11-19(28-4)23(30-6)21-15-7-8-17(26-2)22(29-5)16(15)12-18(27-3)20(14)21/h7-8,11,18H,9-10,12H2,1-6H3,(H,24,25). The van der Waals surface area contributed by atoms with Crippen molar-refractivity contribution in [2.24, 2.45) is 0 Å². The minimum atomic E-state index is -0.208. The summed E-state index contributed by atoms with van der Waals surface area (Å²) in [4.78, 5) is 11.4. The molecule has 7 heteroatoms. The molecule has 30 heavy (non-hydrogen) atoms. The molecule has 0 aliphatic heterocycles. The summed E-state index contributed by atoms with van der Waals surface area (Å²) >= 11 is 0. The first-order valence-corrected chi connectivity index (χ1v) is 9.79. The zero-order valence-electron chi connectivity index (χ0n) is 18.4. The number of methoxy groups -OCH3 is 5. The van der Waals surface area contributed by atoms with Crippen molar-refractivity contribution >= 4 is 5.91 Å². The van der Waals surface area contributed by atoms with Gasteiger partial charge in [0.1, 0.15) is 0 Å². The minimum absolute atomic E-state index is 0.0604. The van der Waals surface area contributed by atoms with Crippen molar-refractivity contribution in [3.8, 4) is 34.1 Å². The number of rotatable bonds is 8. The Hall–Kier alpha value is -2.93. The molecule has 162 valence electrons. The number of benzene rings is 2. The molecule has 1 atom stereocenters. The maximum atomic E-state index is 11.4. The maximum absolute atomic E-state index is 11.4. The monoisotopic (exact) mass is 415 g/mol. The molecule has 0 fully saturated rings. The molecular weight excluding hydrogens is 386 g/mol. The van der Waals surface area contributed by atoms with Crippen LogP contribution in [0.2, 0.25) is 0 Å². The van der Waals surface area contributed by atoms with Gasteiger partial charge in [-0.3, -0.25) is 4.79 Å². The maximum Gasteiger partial charge on any atom is 0.216 e. The van der Waals surface area contributed by atoms with Crippen molar-refractivity contribution in [3.05, 3.63) is 34.9 Å². The van der Waals surface area contributed by atoms with Crippen molar-refractivity contribution in [1.82, 2.24) is 5.32 Å². The molecule has 3 rings (SSSR count). The Labute approximate surface area is 177 Å². The minimum Gasteiger partial charge on any atom is -0.493 e. The molecule has 1 N–H and O–H groups in total. The van der Waals surface area contributed by atoms with Crippen LogP contribution < -0.4 is 24.3 Å². The predicted octanol–water partition coefficient (Wildman–Crippen LogP) is 3.31. The normalized spacial score (nSPS) is 14.4. The van der Waals surface area contributed by atoms with E-state index < -0.39 is 0 Å². The van der Waals surface area contributed by atoms with Gasteiger partial charge in [0.15, 0.2) is 23.0 Å². The van der Waals surface area contributed by atoms with E-state index in [4.69, 9.17) is 23.7 Å². The van der Waals surface area contributed by atoms with Crippen LogP contribution in [-0.4, -0.2) is 48.0 Å². The second-order valence-corrected chi connectivity index (χ2v) is 7.05. The van der Waals surface area contributed by atoms with Crippen LogP contribution in [0.1, 0.15) is 29.7 Å². The van der Waals surface area contributed by atoms with Crippen LogP contribution in [0.25, 0.3) is 11.1 Å². The zero-order chi connectivity index (χ0) is 21.8. The lowest BCUT2D eigenvalue weighted by Crippen LogP contribution is -2.24. The predicted molar refractivity (Wildman–Crippen MR) is 114 cm³/mol. The van der Waals surface area contributed by atoms with Gasteiger partial charge in [-0.1, -0.05) is 0 Å². The smallest absolute Gasteiger partial charge is 0.216 e. The summed E-state index contributed by atoms with van der Waals surface area (Å²) in [5.41, 5.74) is 5.00. The van der Waals surface area contributed by atoms with Crippen LogP contribution in [0.4, 0.5) is 0 Å². The zero-order valence-corrected chi connectivity index (χ0v) is 18.4. The van der Waals surface area contributed by atoms with Crippen molar-refractivity contribution < 1.29 is 28.5 Å². The fourth-order valence-electron chi connectivity index (χ4n) is 4.19. The van der Waals surface area contributed by atoms with Crippen LogP contribution in [-0.2, 0) is 22.4 Å². The van der Waals surface area contributed by atoms with Gasteiger partial charge < -0.3 is 29.0 Å². The van der Waals surface area contributed by atoms with Gasteiger partial charge in [0.05, 0.1) is 34.5 Å². The SMILES string of the molecule is COc1ccc2c(c1OC)CC(OC)c1c(CCNC(C)=O)cc(OC)c(OC)c1-2. The van der Waals surface area contributed by atoms with E-state index in [1.807, 2.05) is 18.2 Å². The first-order chi connectivity index (χ1) is 14.5. The number of amides is 1. The number of carbonyl (C=O) groups is 1. The average Bonchev–Trinajstić information content (AvgIpc) is 2.76. The second kappa shape index (κ2) is 9.26. The summed E-state index contributed by atoms with van der Waals surface area (Å²) in [5, 5.41) is 2.86. The Morgan fingerprint density at radius 3 is 2.27 bits per heavy atom. The molecule has 2 aromatic carbocycles. The van der Waals surface area contributed by atoms with Gasteiger partial charge in [-0.05, 0) is 41.3 Å². The van der Waals surface area contributed by atoms with E-state index in [2.05, 4.69) is 5.32 Å². The first kappa shape index (κ1) is 21.8. The molecule has 0 spiro atoms. The third-order valence-electron chi connectivity index (χ3n) is 5.48. The Balaban J connectivity index is 2.29. The highest BCUT2D eigenvalue weighted by molar-refractivity contribution is 5.85. The van der Waals surface area contributed by atoms with E-state index in [0.717, 1.165) is 27.8 Å². The van der Waals surface area contributed by atoms with Crippen molar-refractivity contribution in [3.63, 3.8) is 0 Å². The number of carbonyl (C=O) groups excluding carboxylic acids is 1. The summed E-state index contributed by atoms with van der Waals surface area (Å²) in [5.74, 6) is 2.57. The highest BCUT2D eigenvalue weighted by atomic mass is 16.5. The van der Waals surface area contributed by atoms with Gasteiger partial charge in [-0.2, -0.15) is 0 Å². The van der Waals surface area contributed by atoms with Gasteiger partial charge >= 0.3 is 0 Å². The first-order valence-electron chi connectivity index (χ1n) is 9.79. The van der Waals surface area contributed by atoms with Crippen LogP contribution in [0.15, 0.2) is 18.2 Å². The highest BCUT2D eigenvalue weighted by Gasteiger charge is 2.34. The molecule has 0 saturated heterocycles. The molecule has 1 aliphatic rings. The van der Waals surface area contributed by atoms with Crippen molar-refractivity contribution in [2.45, 2.75) is 25.9 Å². The summed E-state index contributed by atoms with van der Waals surface area (Å²) in [6, 6.07) is 5.88. The fraction of sp³-hybridized carbons (Fsp3) is 0.435. The second-order valence-electron chi connectivity index (χ2n) is 7.05. The van der Waals surface area contributed by atoms with E-state index >= 15 is 0 Å². The largest absolute Gasteiger partial charge is 0.493 e. The highest BCUT2D eigenvalue weighted by Crippen LogP contribution is 2.53. The summed E-state index contributed by atoms with van der Waals surface area (Å²) in [6.45, 7) is 2.03. The lowest BCUT2D eigenvalue weighted by Gasteiger charge is -2.32. The molecule has 1 amide bonds. The van der Waals surface area contributed by atoms with E-state index in [1.165, 1.54) is 6.92 Å². The average molecular weight is 415 g/mol. The molecule has 0 heterocycles. The molecule has 0 saturated carbocycles. The lowest BCUT2D eigenvalue weighted by molar-refractivity contribution is -0.118. The Morgan fingerprint density at radius 2 is 1.70 bits per heavy atom. The lowest BCUT2D eigenvalue weighted by atomic mass is 9.79. The Morgan fingerprint density at radius 1 is 1.00 bits per heavy atom. The quantitative estimate of drug-likeness (QED) is 0.713. The van der Waals surface area contributed by atoms with Crippen LogP contribution in [0.3, 0.4) is 0 Å². The van der Waals surface area contributed by atoms with Gasteiger partial charge in [0.25, 0.3) is 0 Å². The molecule has 0 aromatic heterocycles. The van der Waals surface area contributed by atoms with Gasteiger partial charge in [-0.25, -0.2) is 0 Å². The van der Waals surface area contributed by atoms with Crippen LogP contribution in [0, 0.1) is 0 Å². The Kier molecular flexibility index (Phi) is 6.72. The topological polar surface area (TPSA) is 75.2 Å². The molecule has 2 aromatic rings. The van der Waals surface area contributed by atoms with E-state index in [9.17, 15) is 4.79 Å². The van der Waals surface area contributed by atoms with Crippen LogP contribution >= 0.6 is 0 Å². The molecule has 1 unspecified atom stereocenters.